The quantitative estimate of drug-likeness (QED) is 0.630. The fourth-order valence-electron chi connectivity index (χ4n) is 2.11. The summed E-state index contributed by atoms with van der Waals surface area (Å²) in [7, 11) is 1.70. The van der Waals surface area contributed by atoms with Crippen LogP contribution in [0.25, 0.3) is 0 Å². The van der Waals surface area contributed by atoms with E-state index in [0.29, 0.717) is 18.6 Å². The van der Waals surface area contributed by atoms with Gasteiger partial charge in [0.25, 0.3) is 0 Å². The molecule has 1 N–H and O–H groups in total. The average Bonchev–Trinajstić information content (AvgIpc) is 2.51. The molecule has 0 saturated heterocycles. The third-order valence-electron chi connectivity index (χ3n) is 4.00. The molecule has 0 atom stereocenters. The van der Waals surface area contributed by atoms with Crippen LogP contribution >= 0.6 is 11.8 Å². The number of ether oxygens (including phenoxy) is 2. The topological polar surface area (TPSA) is 42.9 Å². The molecule has 0 bridgehead atoms. The van der Waals surface area contributed by atoms with Gasteiger partial charge in [-0.3, -0.25) is 4.99 Å². The molecule has 0 aliphatic carbocycles. The molecule has 1 heterocycles. The van der Waals surface area contributed by atoms with E-state index in [0.717, 1.165) is 37.7 Å². The second-order valence-electron chi connectivity index (χ2n) is 5.36. The summed E-state index contributed by atoms with van der Waals surface area (Å²) in [5.74, 6) is 1.20. The van der Waals surface area contributed by atoms with Crippen LogP contribution < -0.4 is 5.32 Å². The van der Waals surface area contributed by atoms with Gasteiger partial charge in [-0.2, -0.15) is 0 Å². The average molecular weight is 302 g/mol. The first-order valence-corrected chi connectivity index (χ1v) is 8.72. The van der Waals surface area contributed by atoms with Gasteiger partial charge in [-0.05, 0) is 31.1 Å². The van der Waals surface area contributed by atoms with E-state index >= 15 is 0 Å². The third-order valence-corrected chi connectivity index (χ3v) is 5.30. The lowest BCUT2D eigenvalue weighted by atomic mass is 9.84. The second-order valence-corrected chi connectivity index (χ2v) is 6.32. The minimum atomic E-state index is 0.436. The number of aliphatic imine (C=N–C) groups is 1. The zero-order valence-electron chi connectivity index (χ0n) is 13.2. The van der Waals surface area contributed by atoms with Gasteiger partial charge in [-0.1, -0.05) is 25.6 Å². The SMILES string of the molecule is CCC1(CC)CN=C(NCCCCOCCOC)SC1. The lowest BCUT2D eigenvalue weighted by Crippen LogP contribution is -2.34. The van der Waals surface area contributed by atoms with Gasteiger partial charge in [0.2, 0.25) is 0 Å². The van der Waals surface area contributed by atoms with Crippen molar-refractivity contribution in [3.05, 3.63) is 0 Å². The van der Waals surface area contributed by atoms with Gasteiger partial charge >= 0.3 is 0 Å². The summed E-state index contributed by atoms with van der Waals surface area (Å²) in [6, 6.07) is 0. The number of methoxy groups -OCH3 is 1. The summed E-state index contributed by atoms with van der Waals surface area (Å²) in [5, 5.41) is 4.57. The lowest BCUT2D eigenvalue weighted by Gasteiger charge is -2.33. The molecule has 0 spiro atoms. The fourth-order valence-corrected chi connectivity index (χ4v) is 3.41. The number of nitrogens with one attached hydrogen (secondary N) is 1. The van der Waals surface area contributed by atoms with E-state index in [4.69, 9.17) is 14.5 Å². The van der Waals surface area contributed by atoms with E-state index in [1.54, 1.807) is 7.11 Å². The number of hydrogen-bond acceptors (Lipinski definition) is 5. The van der Waals surface area contributed by atoms with Crippen molar-refractivity contribution in [2.75, 3.05) is 45.8 Å². The molecule has 0 aromatic heterocycles. The molecule has 0 amide bonds. The Labute approximate surface area is 128 Å². The Morgan fingerprint density at radius 2 is 2.00 bits per heavy atom. The molecule has 20 heavy (non-hydrogen) atoms. The van der Waals surface area contributed by atoms with Crippen molar-refractivity contribution < 1.29 is 9.47 Å². The summed E-state index contributed by atoms with van der Waals surface area (Å²) >= 11 is 1.89. The maximum absolute atomic E-state index is 5.43. The van der Waals surface area contributed by atoms with Gasteiger partial charge in [-0.15, -0.1) is 0 Å². The largest absolute Gasteiger partial charge is 0.382 e. The van der Waals surface area contributed by atoms with Crippen molar-refractivity contribution in [2.24, 2.45) is 10.4 Å². The standard InChI is InChI=1S/C15H30N2O2S/c1-4-15(5-2)12-17-14(20-13-15)16-8-6-7-9-19-11-10-18-3/h4-13H2,1-3H3,(H,16,17). The molecule has 0 aromatic carbocycles. The highest BCUT2D eigenvalue weighted by Crippen LogP contribution is 2.34. The predicted octanol–water partition coefficient (Wildman–Crippen LogP) is 2.93. The van der Waals surface area contributed by atoms with Crippen LogP contribution in [0, 0.1) is 5.41 Å². The predicted molar refractivity (Wildman–Crippen MR) is 87.7 cm³/mol. The highest BCUT2D eigenvalue weighted by atomic mass is 32.2. The van der Waals surface area contributed by atoms with E-state index < -0.39 is 0 Å². The van der Waals surface area contributed by atoms with E-state index in [1.165, 1.54) is 18.6 Å². The van der Waals surface area contributed by atoms with Crippen LogP contribution in [0.5, 0.6) is 0 Å². The molecule has 0 unspecified atom stereocenters. The van der Waals surface area contributed by atoms with Crippen molar-refractivity contribution in [2.45, 2.75) is 39.5 Å². The molecule has 1 rings (SSSR count). The van der Waals surface area contributed by atoms with Gasteiger partial charge in [0.15, 0.2) is 5.17 Å². The van der Waals surface area contributed by atoms with Gasteiger partial charge < -0.3 is 14.8 Å². The Hall–Kier alpha value is -0.260. The highest BCUT2D eigenvalue weighted by molar-refractivity contribution is 8.13. The van der Waals surface area contributed by atoms with Crippen molar-refractivity contribution >= 4 is 16.9 Å². The third kappa shape index (κ3) is 6.46. The van der Waals surface area contributed by atoms with Crippen LogP contribution in [-0.2, 0) is 9.47 Å². The molecule has 0 saturated carbocycles. The number of rotatable bonds is 10. The number of thioether (sulfide) groups is 1. The summed E-state index contributed by atoms with van der Waals surface area (Å²) in [6.07, 6.45) is 4.67. The first-order valence-electron chi connectivity index (χ1n) is 7.74. The summed E-state index contributed by atoms with van der Waals surface area (Å²) in [4.78, 5) is 4.70. The van der Waals surface area contributed by atoms with E-state index in [-0.39, 0.29) is 0 Å². The minimum absolute atomic E-state index is 0.436. The Balaban J connectivity index is 2.05. The highest BCUT2D eigenvalue weighted by Gasteiger charge is 2.29. The number of hydrogen-bond donors (Lipinski definition) is 1. The van der Waals surface area contributed by atoms with Gasteiger partial charge in [0.05, 0.1) is 13.2 Å². The second kappa shape index (κ2) is 10.5. The number of nitrogens with zero attached hydrogens (tertiary/aromatic N) is 1. The molecular weight excluding hydrogens is 272 g/mol. The van der Waals surface area contributed by atoms with Crippen LogP contribution in [0.1, 0.15) is 39.5 Å². The van der Waals surface area contributed by atoms with E-state index in [2.05, 4.69) is 19.2 Å². The van der Waals surface area contributed by atoms with Crippen LogP contribution in [0.3, 0.4) is 0 Å². The summed E-state index contributed by atoms with van der Waals surface area (Å²) in [5.41, 5.74) is 0.436. The van der Waals surface area contributed by atoms with Crippen molar-refractivity contribution in [3.63, 3.8) is 0 Å². The smallest absolute Gasteiger partial charge is 0.156 e. The first kappa shape index (κ1) is 17.8. The summed E-state index contributed by atoms with van der Waals surface area (Å²) < 4.78 is 10.4. The maximum Gasteiger partial charge on any atom is 0.156 e. The van der Waals surface area contributed by atoms with Crippen LogP contribution in [0.4, 0.5) is 0 Å². The molecule has 0 aromatic rings. The molecule has 5 heteroatoms. The van der Waals surface area contributed by atoms with Crippen molar-refractivity contribution in [3.8, 4) is 0 Å². The molecular formula is C15H30N2O2S. The summed E-state index contributed by atoms with van der Waals surface area (Å²) in [6.45, 7) is 8.73. The van der Waals surface area contributed by atoms with Crippen molar-refractivity contribution in [1.29, 1.82) is 0 Å². The Morgan fingerprint density at radius 3 is 2.60 bits per heavy atom. The molecule has 0 fully saturated rings. The Morgan fingerprint density at radius 1 is 1.20 bits per heavy atom. The van der Waals surface area contributed by atoms with Crippen LogP contribution in [0.2, 0.25) is 0 Å². The fraction of sp³-hybridized carbons (Fsp3) is 0.933. The lowest BCUT2D eigenvalue weighted by molar-refractivity contribution is 0.0689. The molecule has 1 aliphatic rings. The molecule has 4 nitrogen and oxygen atoms in total. The normalized spacial score (nSPS) is 17.9. The number of amidine groups is 1. The molecule has 0 radical (unpaired) electrons. The number of unbranched alkanes of at least 4 members (excludes halogenated alkanes) is 1. The van der Waals surface area contributed by atoms with Gasteiger partial charge in [-0.25, -0.2) is 0 Å². The first-order chi connectivity index (χ1) is 9.76. The Bertz CT molecular complexity index is 281. The zero-order valence-corrected chi connectivity index (χ0v) is 14.1. The van der Waals surface area contributed by atoms with E-state index in [9.17, 15) is 0 Å². The molecule has 1 aliphatic heterocycles. The van der Waals surface area contributed by atoms with Crippen molar-refractivity contribution in [1.82, 2.24) is 5.32 Å². The molecule has 118 valence electrons. The Kier molecular flexibility index (Phi) is 9.31. The minimum Gasteiger partial charge on any atom is -0.382 e. The van der Waals surface area contributed by atoms with E-state index in [1.807, 2.05) is 11.8 Å². The van der Waals surface area contributed by atoms with Gasteiger partial charge in [0.1, 0.15) is 0 Å². The monoisotopic (exact) mass is 302 g/mol. The van der Waals surface area contributed by atoms with Crippen LogP contribution in [-0.4, -0.2) is 50.9 Å². The maximum atomic E-state index is 5.43. The zero-order chi connectivity index (χ0) is 14.7. The van der Waals surface area contributed by atoms with Gasteiger partial charge in [0, 0.05) is 32.6 Å². The van der Waals surface area contributed by atoms with Crippen LogP contribution in [0.15, 0.2) is 4.99 Å².